The number of aryl methyl sites for hydroxylation is 1. The number of benzene rings is 1. The van der Waals surface area contributed by atoms with E-state index in [0.29, 0.717) is 23.7 Å². The number of aromatic nitrogens is 2. The molecule has 0 fully saturated rings. The Hall–Kier alpha value is -3.06. The first-order chi connectivity index (χ1) is 13.2. The molecule has 7 heteroatoms. The lowest BCUT2D eigenvalue weighted by Gasteiger charge is -2.22. The normalized spacial score (nSPS) is 12.8. The van der Waals surface area contributed by atoms with E-state index >= 15 is 0 Å². The molecule has 150 valence electrons. The number of anilines is 1. The maximum Gasteiger partial charge on any atom is 0.144 e. The van der Waals surface area contributed by atoms with Gasteiger partial charge in [-0.15, -0.1) is 0 Å². The highest BCUT2D eigenvalue weighted by atomic mass is 16.5. The summed E-state index contributed by atoms with van der Waals surface area (Å²) in [6.45, 7) is 11.2. The Morgan fingerprint density at radius 1 is 1.46 bits per heavy atom. The third-order valence-corrected chi connectivity index (χ3v) is 4.17. The molecule has 0 aliphatic carbocycles. The smallest absolute Gasteiger partial charge is 0.144 e. The van der Waals surface area contributed by atoms with Gasteiger partial charge in [0.05, 0.1) is 30.5 Å². The lowest BCUT2D eigenvalue weighted by molar-refractivity contribution is 0.154. The number of nitrogens with one attached hydrogen (secondary N) is 1. The average Bonchev–Trinajstić information content (AvgIpc) is 3.07. The van der Waals surface area contributed by atoms with Crippen molar-refractivity contribution in [1.82, 2.24) is 9.55 Å². The average molecular weight is 383 g/mol. The summed E-state index contributed by atoms with van der Waals surface area (Å²) in [6, 6.07) is 5.68. The molecule has 0 saturated heterocycles. The number of aliphatic hydroxyl groups is 1. The van der Waals surface area contributed by atoms with Gasteiger partial charge in [-0.3, -0.25) is 0 Å². The standard InChI is InChI=1S/C21H29N5O2/c1-7-16(11-22)20(21(4,5)27)25-15(3)24-17-8-9-18(19(10-17)28-6)26-12-14(2)23-13-26/h8-13,24,27H,3,7,22H2,1-2,4-6H3/b16-11-,25-20?. The quantitative estimate of drug-likeness (QED) is 0.606. The van der Waals surface area contributed by atoms with E-state index in [-0.39, 0.29) is 0 Å². The number of aliphatic imine (C=N–C) groups is 1. The van der Waals surface area contributed by atoms with Crippen molar-refractivity contribution >= 4 is 11.4 Å². The molecule has 1 aromatic heterocycles. The Balaban J connectivity index is 2.30. The maximum absolute atomic E-state index is 10.4. The fourth-order valence-electron chi connectivity index (χ4n) is 2.82. The number of nitrogens with zero attached hydrogens (tertiary/aromatic N) is 3. The van der Waals surface area contributed by atoms with Crippen LogP contribution in [0.3, 0.4) is 0 Å². The van der Waals surface area contributed by atoms with Gasteiger partial charge in [-0.25, -0.2) is 9.98 Å². The van der Waals surface area contributed by atoms with Crippen LogP contribution in [0.4, 0.5) is 5.69 Å². The zero-order chi connectivity index (χ0) is 20.9. The molecule has 1 heterocycles. The van der Waals surface area contributed by atoms with Crippen LogP contribution in [0.5, 0.6) is 5.75 Å². The summed E-state index contributed by atoms with van der Waals surface area (Å²) < 4.78 is 7.42. The number of rotatable bonds is 8. The van der Waals surface area contributed by atoms with Crippen molar-refractivity contribution < 1.29 is 9.84 Å². The summed E-state index contributed by atoms with van der Waals surface area (Å²) in [6.07, 6.45) is 5.79. The van der Waals surface area contributed by atoms with Gasteiger partial charge in [0.15, 0.2) is 0 Å². The Kier molecular flexibility index (Phi) is 6.64. The van der Waals surface area contributed by atoms with Crippen molar-refractivity contribution in [2.45, 2.75) is 39.7 Å². The zero-order valence-electron chi connectivity index (χ0n) is 17.2. The Morgan fingerprint density at radius 2 is 2.18 bits per heavy atom. The molecule has 28 heavy (non-hydrogen) atoms. The molecule has 0 spiro atoms. The molecule has 0 saturated carbocycles. The first-order valence-electron chi connectivity index (χ1n) is 9.07. The second-order valence-corrected chi connectivity index (χ2v) is 6.95. The molecule has 4 N–H and O–H groups in total. The maximum atomic E-state index is 10.4. The van der Waals surface area contributed by atoms with E-state index in [4.69, 9.17) is 10.5 Å². The third kappa shape index (κ3) is 5.01. The highest BCUT2D eigenvalue weighted by Crippen LogP contribution is 2.28. The van der Waals surface area contributed by atoms with E-state index in [9.17, 15) is 5.11 Å². The van der Waals surface area contributed by atoms with Crippen LogP contribution in [-0.2, 0) is 0 Å². The Bertz CT molecular complexity index is 904. The van der Waals surface area contributed by atoms with Crippen LogP contribution in [0.1, 0.15) is 32.9 Å². The molecule has 0 bridgehead atoms. The van der Waals surface area contributed by atoms with Gasteiger partial charge < -0.3 is 25.5 Å². The zero-order valence-corrected chi connectivity index (χ0v) is 17.2. The van der Waals surface area contributed by atoms with Crippen molar-refractivity contribution in [3.8, 4) is 11.4 Å². The van der Waals surface area contributed by atoms with Crippen molar-refractivity contribution in [3.63, 3.8) is 0 Å². The number of nitrogens with two attached hydrogens (primary N) is 1. The molecule has 7 nitrogen and oxygen atoms in total. The van der Waals surface area contributed by atoms with Crippen molar-refractivity contribution in [2.75, 3.05) is 12.4 Å². The van der Waals surface area contributed by atoms with Crippen molar-refractivity contribution in [2.24, 2.45) is 10.7 Å². The number of ether oxygens (including phenoxy) is 1. The molecule has 1 aromatic carbocycles. The number of hydrogen-bond acceptors (Lipinski definition) is 6. The summed E-state index contributed by atoms with van der Waals surface area (Å²) in [5.74, 6) is 1.07. The molecule has 0 radical (unpaired) electrons. The number of methoxy groups -OCH3 is 1. The molecule has 0 unspecified atom stereocenters. The van der Waals surface area contributed by atoms with Gasteiger partial charge in [0.25, 0.3) is 0 Å². The highest BCUT2D eigenvalue weighted by molar-refractivity contribution is 6.06. The van der Waals surface area contributed by atoms with Gasteiger partial charge in [0.1, 0.15) is 17.2 Å². The van der Waals surface area contributed by atoms with Gasteiger partial charge in [-0.05, 0) is 51.1 Å². The van der Waals surface area contributed by atoms with E-state index in [1.54, 1.807) is 27.3 Å². The largest absolute Gasteiger partial charge is 0.494 e. The van der Waals surface area contributed by atoms with E-state index in [0.717, 1.165) is 22.6 Å². The summed E-state index contributed by atoms with van der Waals surface area (Å²) >= 11 is 0. The van der Waals surface area contributed by atoms with Crippen LogP contribution in [0.2, 0.25) is 0 Å². The number of imidazole rings is 1. The summed E-state index contributed by atoms with van der Waals surface area (Å²) in [5.41, 5.74) is 8.35. The monoisotopic (exact) mass is 383 g/mol. The minimum atomic E-state index is -1.15. The molecule has 0 aliphatic heterocycles. The van der Waals surface area contributed by atoms with Crippen molar-refractivity contribution in [3.05, 3.63) is 60.6 Å². The summed E-state index contributed by atoms with van der Waals surface area (Å²) in [4.78, 5) is 8.73. The molecule has 0 amide bonds. The summed E-state index contributed by atoms with van der Waals surface area (Å²) in [5, 5.41) is 13.6. The van der Waals surface area contributed by atoms with Crippen LogP contribution in [0.25, 0.3) is 5.69 Å². The van der Waals surface area contributed by atoms with Gasteiger partial charge in [0, 0.05) is 18.0 Å². The Morgan fingerprint density at radius 3 is 2.68 bits per heavy atom. The second-order valence-electron chi connectivity index (χ2n) is 6.95. The fraction of sp³-hybridized carbons (Fsp3) is 0.333. The first kappa shape index (κ1) is 21.2. The SMILES string of the molecule is C=C(N=C(/C(=C\N)CC)C(C)(C)O)Nc1ccc(-n2cnc(C)c2)c(OC)c1. The van der Waals surface area contributed by atoms with E-state index in [1.165, 1.54) is 6.20 Å². The van der Waals surface area contributed by atoms with Gasteiger partial charge >= 0.3 is 0 Å². The summed E-state index contributed by atoms with van der Waals surface area (Å²) in [7, 11) is 1.62. The minimum absolute atomic E-state index is 0.387. The lowest BCUT2D eigenvalue weighted by Crippen LogP contribution is -2.33. The molecule has 0 aliphatic rings. The lowest BCUT2D eigenvalue weighted by atomic mass is 9.94. The van der Waals surface area contributed by atoms with Gasteiger partial charge in [0.2, 0.25) is 0 Å². The van der Waals surface area contributed by atoms with Crippen LogP contribution in [0.15, 0.2) is 59.9 Å². The number of hydrogen-bond donors (Lipinski definition) is 3. The van der Waals surface area contributed by atoms with E-state index < -0.39 is 5.60 Å². The minimum Gasteiger partial charge on any atom is -0.494 e. The molecule has 2 aromatic rings. The Labute approximate surface area is 166 Å². The molecule has 2 rings (SSSR count). The molecule has 0 atom stereocenters. The molecular formula is C21H29N5O2. The van der Waals surface area contributed by atoms with Crippen LogP contribution >= 0.6 is 0 Å². The second kappa shape index (κ2) is 8.75. The van der Waals surface area contributed by atoms with Crippen molar-refractivity contribution in [1.29, 1.82) is 0 Å². The third-order valence-electron chi connectivity index (χ3n) is 4.17. The van der Waals surface area contributed by atoms with Crippen LogP contribution in [-0.4, -0.2) is 33.1 Å². The van der Waals surface area contributed by atoms with Crippen LogP contribution in [0, 0.1) is 6.92 Å². The van der Waals surface area contributed by atoms with E-state index in [1.807, 2.05) is 42.8 Å². The molecular weight excluding hydrogens is 354 g/mol. The predicted octanol–water partition coefficient (Wildman–Crippen LogP) is 3.54. The first-order valence-corrected chi connectivity index (χ1v) is 9.07. The highest BCUT2D eigenvalue weighted by Gasteiger charge is 2.24. The van der Waals surface area contributed by atoms with Gasteiger partial charge in [-0.1, -0.05) is 13.5 Å². The van der Waals surface area contributed by atoms with E-state index in [2.05, 4.69) is 21.9 Å². The predicted molar refractivity (Wildman–Crippen MR) is 114 cm³/mol. The van der Waals surface area contributed by atoms with Gasteiger partial charge in [-0.2, -0.15) is 0 Å². The topological polar surface area (TPSA) is 97.7 Å². The fourth-order valence-corrected chi connectivity index (χ4v) is 2.82. The van der Waals surface area contributed by atoms with Crippen LogP contribution < -0.4 is 15.8 Å².